The van der Waals surface area contributed by atoms with Gasteiger partial charge in [-0.2, -0.15) is 0 Å². The third kappa shape index (κ3) is 3.75. The lowest BCUT2D eigenvalue weighted by atomic mass is 9.76. The van der Waals surface area contributed by atoms with E-state index in [0.29, 0.717) is 0 Å². The van der Waals surface area contributed by atoms with Crippen LogP contribution < -0.4 is 5.46 Å². The Morgan fingerprint density at radius 1 is 1.47 bits per heavy atom. The maximum Gasteiger partial charge on any atom is 0.498 e. The number of hydrogen-bond acceptors (Lipinski definition) is 4. The summed E-state index contributed by atoms with van der Waals surface area (Å²) < 4.78 is 18.6. The summed E-state index contributed by atoms with van der Waals surface area (Å²) in [5, 5.41) is 20.8. The SMILES string of the molecule is CC(C)C(C)(C)OB(O)c1cc(F)ccc1[N+](=O)[O-]. The van der Waals surface area contributed by atoms with Gasteiger partial charge >= 0.3 is 7.12 Å². The lowest BCUT2D eigenvalue weighted by Crippen LogP contribution is -2.45. The molecule has 0 saturated heterocycles. The summed E-state index contributed by atoms with van der Waals surface area (Å²) in [7, 11) is -1.55. The lowest BCUT2D eigenvalue weighted by molar-refractivity contribution is -0.383. The molecular weight excluding hydrogens is 252 g/mol. The molecule has 1 N–H and O–H groups in total. The van der Waals surface area contributed by atoms with Crippen molar-refractivity contribution in [3.63, 3.8) is 0 Å². The first kappa shape index (κ1) is 15.6. The Hall–Kier alpha value is -1.47. The van der Waals surface area contributed by atoms with Crippen LogP contribution in [-0.4, -0.2) is 22.7 Å². The van der Waals surface area contributed by atoms with Gasteiger partial charge in [0, 0.05) is 6.07 Å². The summed E-state index contributed by atoms with van der Waals surface area (Å²) >= 11 is 0. The van der Waals surface area contributed by atoms with Gasteiger partial charge < -0.3 is 9.68 Å². The number of nitro benzene ring substituents is 1. The molecule has 0 heterocycles. The molecule has 0 unspecified atom stereocenters. The fourth-order valence-corrected chi connectivity index (χ4v) is 1.38. The molecule has 0 fully saturated rings. The Kier molecular flexibility index (Phi) is 4.65. The van der Waals surface area contributed by atoms with Gasteiger partial charge in [0.15, 0.2) is 0 Å². The van der Waals surface area contributed by atoms with Crippen molar-refractivity contribution in [2.45, 2.75) is 33.3 Å². The van der Waals surface area contributed by atoms with Gasteiger partial charge in [-0.05, 0) is 31.9 Å². The Bertz CT molecular complexity index is 479. The molecule has 104 valence electrons. The van der Waals surface area contributed by atoms with E-state index < -0.39 is 23.5 Å². The zero-order chi connectivity index (χ0) is 14.8. The third-order valence-electron chi connectivity index (χ3n) is 3.26. The summed E-state index contributed by atoms with van der Waals surface area (Å²) in [6.45, 7) is 7.30. The van der Waals surface area contributed by atoms with E-state index in [1.807, 2.05) is 13.8 Å². The fraction of sp³-hybridized carbons (Fsp3) is 0.500. The highest BCUT2D eigenvalue weighted by atomic mass is 19.1. The van der Waals surface area contributed by atoms with Crippen LogP contribution in [0.3, 0.4) is 0 Å². The van der Waals surface area contributed by atoms with Crippen molar-refractivity contribution in [1.82, 2.24) is 0 Å². The second-order valence-corrected chi connectivity index (χ2v) is 5.19. The highest BCUT2D eigenvalue weighted by Gasteiger charge is 2.34. The fourth-order valence-electron chi connectivity index (χ4n) is 1.38. The Labute approximate surface area is 111 Å². The van der Waals surface area contributed by atoms with Crippen molar-refractivity contribution >= 4 is 18.3 Å². The van der Waals surface area contributed by atoms with Crippen molar-refractivity contribution < 1.29 is 19.0 Å². The van der Waals surface area contributed by atoms with Crippen LogP contribution in [0.15, 0.2) is 18.2 Å². The highest BCUT2D eigenvalue weighted by Crippen LogP contribution is 2.22. The van der Waals surface area contributed by atoms with Gasteiger partial charge in [-0.25, -0.2) is 4.39 Å². The first-order valence-electron chi connectivity index (χ1n) is 5.95. The zero-order valence-corrected chi connectivity index (χ0v) is 11.4. The van der Waals surface area contributed by atoms with Gasteiger partial charge in [0.1, 0.15) is 5.82 Å². The van der Waals surface area contributed by atoms with Crippen LogP contribution in [0, 0.1) is 21.8 Å². The van der Waals surface area contributed by atoms with Crippen LogP contribution in [-0.2, 0) is 4.65 Å². The van der Waals surface area contributed by atoms with Crippen molar-refractivity contribution in [1.29, 1.82) is 0 Å². The Morgan fingerprint density at radius 2 is 2.05 bits per heavy atom. The molecule has 1 rings (SSSR count). The molecule has 0 atom stereocenters. The molecule has 0 amide bonds. The minimum absolute atomic E-state index is 0.0785. The van der Waals surface area contributed by atoms with E-state index in [1.165, 1.54) is 0 Å². The van der Waals surface area contributed by atoms with E-state index in [9.17, 15) is 19.5 Å². The molecular formula is C12H17BFNO4. The van der Waals surface area contributed by atoms with Crippen LogP contribution in [0.25, 0.3) is 0 Å². The minimum Gasteiger partial charge on any atom is -0.423 e. The van der Waals surface area contributed by atoms with Crippen LogP contribution in [0.1, 0.15) is 27.7 Å². The second-order valence-electron chi connectivity index (χ2n) is 5.19. The number of nitro groups is 1. The molecule has 0 radical (unpaired) electrons. The van der Waals surface area contributed by atoms with E-state index in [-0.39, 0.29) is 17.1 Å². The van der Waals surface area contributed by atoms with Gasteiger partial charge in [0.05, 0.1) is 16.0 Å². The molecule has 0 bridgehead atoms. The van der Waals surface area contributed by atoms with Gasteiger partial charge in [-0.3, -0.25) is 10.1 Å². The smallest absolute Gasteiger partial charge is 0.423 e. The Morgan fingerprint density at radius 3 is 2.53 bits per heavy atom. The van der Waals surface area contributed by atoms with Gasteiger partial charge in [-0.1, -0.05) is 13.8 Å². The zero-order valence-electron chi connectivity index (χ0n) is 11.4. The predicted octanol–water partition coefficient (Wildman–Crippen LogP) is 1.87. The molecule has 0 spiro atoms. The van der Waals surface area contributed by atoms with Crippen molar-refractivity contribution in [3.05, 3.63) is 34.1 Å². The predicted molar refractivity (Wildman–Crippen MR) is 70.7 cm³/mol. The Balaban J connectivity index is 3.08. The molecule has 0 aliphatic carbocycles. The molecule has 1 aromatic rings. The average Bonchev–Trinajstić information content (AvgIpc) is 2.27. The maximum absolute atomic E-state index is 13.2. The maximum atomic E-state index is 13.2. The average molecular weight is 269 g/mol. The van der Waals surface area contributed by atoms with Gasteiger partial charge in [0.25, 0.3) is 5.69 Å². The minimum atomic E-state index is -1.55. The second kappa shape index (κ2) is 5.67. The molecule has 0 saturated carbocycles. The molecule has 5 nitrogen and oxygen atoms in total. The molecule has 0 aromatic heterocycles. The standard InChI is InChI=1S/C12H17BFNO4/c1-8(2)12(3,4)19-13(16)10-7-9(14)5-6-11(10)15(17)18/h5-8,16H,1-4H3. The van der Waals surface area contributed by atoms with E-state index in [1.54, 1.807) is 13.8 Å². The molecule has 1 aromatic carbocycles. The van der Waals surface area contributed by atoms with Gasteiger partial charge in [0.2, 0.25) is 0 Å². The van der Waals surface area contributed by atoms with Crippen LogP contribution in [0.5, 0.6) is 0 Å². The summed E-state index contributed by atoms with van der Waals surface area (Å²) in [6.07, 6.45) is 0. The number of nitrogens with zero attached hydrogens (tertiary/aromatic N) is 1. The van der Waals surface area contributed by atoms with E-state index in [0.717, 1.165) is 18.2 Å². The number of hydrogen-bond donors (Lipinski definition) is 1. The van der Waals surface area contributed by atoms with E-state index in [4.69, 9.17) is 4.65 Å². The van der Waals surface area contributed by atoms with Crippen molar-refractivity contribution in [2.75, 3.05) is 0 Å². The molecule has 19 heavy (non-hydrogen) atoms. The highest BCUT2D eigenvalue weighted by molar-refractivity contribution is 6.61. The number of halogens is 1. The summed E-state index contributed by atoms with van der Waals surface area (Å²) in [4.78, 5) is 10.2. The number of benzene rings is 1. The van der Waals surface area contributed by atoms with E-state index >= 15 is 0 Å². The third-order valence-corrected chi connectivity index (χ3v) is 3.26. The van der Waals surface area contributed by atoms with Crippen LogP contribution in [0.4, 0.5) is 10.1 Å². The molecule has 0 aliphatic heterocycles. The topological polar surface area (TPSA) is 72.6 Å². The number of rotatable bonds is 5. The molecule has 0 aliphatic rings. The van der Waals surface area contributed by atoms with Gasteiger partial charge in [-0.15, -0.1) is 0 Å². The first-order valence-corrected chi connectivity index (χ1v) is 5.95. The normalized spacial score (nSPS) is 11.7. The summed E-state index contributed by atoms with van der Waals surface area (Å²) in [5.74, 6) is -0.583. The largest absolute Gasteiger partial charge is 0.498 e. The molecule has 7 heteroatoms. The van der Waals surface area contributed by atoms with Crippen molar-refractivity contribution in [2.24, 2.45) is 5.92 Å². The lowest BCUT2D eigenvalue weighted by Gasteiger charge is -2.31. The van der Waals surface area contributed by atoms with E-state index in [2.05, 4.69) is 0 Å². The first-order chi connectivity index (χ1) is 8.65. The van der Waals surface area contributed by atoms with Crippen molar-refractivity contribution in [3.8, 4) is 0 Å². The quantitative estimate of drug-likeness (QED) is 0.503. The van der Waals surface area contributed by atoms with Crippen LogP contribution >= 0.6 is 0 Å². The summed E-state index contributed by atoms with van der Waals surface area (Å²) in [5.41, 5.74) is -1.24. The summed E-state index contributed by atoms with van der Waals surface area (Å²) in [6, 6.07) is 2.90. The van der Waals surface area contributed by atoms with Crippen LogP contribution in [0.2, 0.25) is 0 Å². The monoisotopic (exact) mass is 269 g/mol.